The Bertz CT molecular complexity index is 514. The molecule has 0 saturated carbocycles. The van der Waals surface area contributed by atoms with Crippen LogP contribution in [0.5, 0.6) is 0 Å². The van der Waals surface area contributed by atoms with Crippen molar-refractivity contribution in [3.05, 3.63) is 41.5 Å². The highest BCUT2D eigenvalue weighted by Gasteiger charge is 2.08. The number of hydrogen-bond acceptors (Lipinski definition) is 3. The first-order chi connectivity index (χ1) is 8.65. The molecule has 0 amide bonds. The number of rotatable bonds is 4. The van der Waals surface area contributed by atoms with Gasteiger partial charge in [-0.2, -0.15) is 5.10 Å². The third-order valence-corrected chi connectivity index (χ3v) is 3.00. The van der Waals surface area contributed by atoms with E-state index in [-0.39, 0.29) is 0 Å². The van der Waals surface area contributed by atoms with Gasteiger partial charge in [0.1, 0.15) is 0 Å². The number of pyridine rings is 1. The minimum absolute atomic E-state index is 0.534. The van der Waals surface area contributed by atoms with Crippen molar-refractivity contribution in [1.29, 1.82) is 0 Å². The molecule has 96 valence electrons. The van der Waals surface area contributed by atoms with E-state index >= 15 is 0 Å². The molecule has 0 aromatic carbocycles. The van der Waals surface area contributed by atoms with E-state index in [0.717, 1.165) is 24.2 Å². The normalized spacial score (nSPS) is 12.7. The SMILES string of the molecule is CCc1cc(CC)n(-c2ccc(C(C)O)nc2)n1. The molecule has 2 rings (SSSR count). The standard InChI is InChI=1S/C14H19N3O/c1-4-11-8-12(5-2)17(16-11)13-6-7-14(10(3)18)15-9-13/h6-10,18H,4-5H2,1-3H3. The fourth-order valence-corrected chi connectivity index (χ4v) is 1.89. The summed E-state index contributed by atoms with van der Waals surface area (Å²) >= 11 is 0. The molecule has 4 nitrogen and oxygen atoms in total. The lowest BCUT2D eigenvalue weighted by Gasteiger charge is -2.07. The van der Waals surface area contributed by atoms with E-state index < -0.39 is 6.10 Å². The summed E-state index contributed by atoms with van der Waals surface area (Å²) in [5.41, 5.74) is 3.89. The van der Waals surface area contributed by atoms with Gasteiger partial charge >= 0.3 is 0 Å². The molecule has 1 unspecified atom stereocenters. The van der Waals surface area contributed by atoms with Crippen LogP contribution in [0.25, 0.3) is 5.69 Å². The molecule has 1 atom stereocenters. The monoisotopic (exact) mass is 245 g/mol. The maximum absolute atomic E-state index is 9.44. The molecule has 0 saturated heterocycles. The predicted molar refractivity (Wildman–Crippen MR) is 70.7 cm³/mol. The maximum Gasteiger partial charge on any atom is 0.0931 e. The number of hydrogen-bond donors (Lipinski definition) is 1. The van der Waals surface area contributed by atoms with Crippen LogP contribution in [-0.4, -0.2) is 19.9 Å². The number of aliphatic hydroxyl groups is 1. The zero-order chi connectivity index (χ0) is 13.1. The number of aliphatic hydroxyl groups excluding tert-OH is 1. The topological polar surface area (TPSA) is 50.9 Å². The van der Waals surface area contributed by atoms with E-state index in [0.29, 0.717) is 5.69 Å². The van der Waals surface area contributed by atoms with Gasteiger partial charge in [0.25, 0.3) is 0 Å². The van der Waals surface area contributed by atoms with Gasteiger partial charge < -0.3 is 5.11 Å². The number of aromatic nitrogens is 3. The highest BCUT2D eigenvalue weighted by molar-refractivity contribution is 5.32. The Labute approximate surface area is 107 Å². The summed E-state index contributed by atoms with van der Waals surface area (Å²) in [6.45, 7) is 5.92. The van der Waals surface area contributed by atoms with Gasteiger partial charge in [0.05, 0.1) is 29.4 Å². The van der Waals surface area contributed by atoms with Gasteiger partial charge in [0.2, 0.25) is 0 Å². The Kier molecular flexibility index (Phi) is 3.77. The molecule has 0 fully saturated rings. The van der Waals surface area contributed by atoms with E-state index in [4.69, 9.17) is 0 Å². The third kappa shape index (κ3) is 2.43. The van der Waals surface area contributed by atoms with E-state index in [1.54, 1.807) is 13.1 Å². The molecule has 2 heterocycles. The van der Waals surface area contributed by atoms with Crippen molar-refractivity contribution < 1.29 is 5.11 Å². The number of aryl methyl sites for hydroxylation is 2. The van der Waals surface area contributed by atoms with Gasteiger partial charge in [-0.25, -0.2) is 4.68 Å². The molecule has 4 heteroatoms. The van der Waals surface area contributed by atoms with Crippen LogP contribution in [0.4, 0.5) is 0 Å². The fourth-order valence-electron chi connectivity index (χ4n) is 1.89. The van der Waals surface area contributed by atoms with Crippen LogP contribution in [0.3, 0.4) is 0 Å². The molecule has 0 radical (unpaired) electrons. The van der Waals surface area contributed by atoms with E-state index in [1.807, 2.05) is 16.8 Å². The summed E-state index contributed by atoms with van der Waals surface area (Å²) in [4.78, 5) is 4.25. The lowest BCUT2D eigenvalue weighted by molar-refractivity contribution is 0.194. The van der Waals surface area contributed by atoms with Crippen LogP contribution in [0.1, 0.15) is 44.0 Å². The second-order valence-electron chi connectivity index (χ2n) is 4.36. The van der Waals surface area contributed by atoms with Crippen LogP contribution in [0.15, 0.2) is 24.4 Å². The lowest BCUT2D eigenvalue weighted by atomic mass is 10.2. The van der Waals surface area contributed by atoms with Crippen molar-refractivity contribution in [2.24, 2.45) is 0 Å². The van der Waals surface area contributed by atoms with Crippen LogP contribution in [-0.2, 0) is 12.8 Å². The molecule has 18 heavy (non-hydrogen) atoms. The van der Waals surface area contributed by atoms with Crippen LogP contribution in [0, 0.1) is 0 Å². The highest BCUT2D eigenvalue weighted by Crippen LogP contribution is 2.15. The van der Waals surface area contributed by atoms with Gasteiger partial charge in [-0.05, 0) is 38.0 Å². The molecule has 0 aliphatic carbocycles. The van der Waals surface area contributed by atoms with E-state index in [2.05, 4.69) is 30.0 Å². The predicted octanol–water partition coefficient (Wildman–Crippen LogP) is 2.45. The quantitative estimate of drug-likeness (QED) is 0.900. The first kappa shape index (κ1) is 12.8. The Morgan fingerprint density at radius 2 is 2.06 bits per heavy atom. The largest absolute Gasteiger partial charge is 0.387 e. The molecule has 2 aromatic rings. The summed E-state index contributed by atoms with van der Waals surface area (Å²) < 4.78 is 1.93. The van der Waals surface area contributed by atoms with Crippen molar-refractivity contribution in [2.75, 3.05) is 0 Å². The van der Waals surface area contributed by atoms with Gasteiger partial charge in [-0.3, -0.25) is 4.98 Å². The average Bonchev–Trinajstić information content (AvgIpc) is 2.82. The fraction of sp³-hybridized carbons (Fsp3) is 0.429. The third-order valence-electron chi connectivity index (χ3n) is 3.00. The first-order valence-electron chi connectivity index (χ1n) is 6.37. The minimum atomic E-state index is -0.534. The molecule has 2 aromatic heterocycles. The van der Waals surface area contributed by atoms with Crippen LogP contribution < -0.4 is 0 Å². The summed E-state index contributed by atoms with van der Waals surface area (Å²) in [6.07, 6.45) is 3.09. The molecular formula is C14H19N3O. The molecule has 0 aliphatic rings. The van der Waals surface area contributed by atoms with Crippen molar-refractivity contribution >= 4 is 0 Å². The molecule has 1 N–H and O–H groups in total. The van der Waals surface area contributed by atoms with Gasteiger partial charge in [0, 0.05) is 5.69 Å². The Morgan fingerprint density at radius 1 is 1.28 bits per heavy atom. The Hall–Kier alpha value is -1.68. The van der Waals surface area contributed by atoms with Crippen molar-refractivity contribution in [3.63, 3.8) is 0 Å². The molecule has 0 aliphatic heterocycles. The van der Waals surface area contributed by atoms with E-state index in [1.165, 1.54) is 5.69 Å². The summed E-state index contributed by atoms with van der Waals surface area (Å²) in [5.74, 6) is 0. The van der Waals surface area contributed by atoms with Crippen LogP contribution >= 0.6 is 0 Å². The van der Waals surface area contributed by atoms with E-state index in [9.17, 15) is 5.11 Å². The zero-order valence-corrected chi connectivity index (χ0v) is 11.1. The van der Waals surface area contributed by atoms with Crippen molar-refractivity contribution in [2.45, 2.75) is 39.7 Å². The second-order valence-corrected chi connectivity index (χ2v) is 4.36. The zero-order valence-electron chi connectivity index (χ0n) is 11.1. The van der Waals surface area contributed by atoms with Crippen molar-refractivity contribution in [1.82, 2.24) is 14.8 Å². The van der Waals surface area contributed by atoms with Gasteiger partial charge in [0.15, 0.2) is 0 Å². The lowest BCUT2D eigenvalue weighted by Crippen LogP contribution is -2.03. The summed E-state index contributed by atoms with van der Waals surface area (Å²) in [6, 6.07) is 5.91. The minimum Gasteiger partial charge on any atom is -0.387 e. The summed E-state index contributed by atoms with van der Waals surface area (Å²) in [7, 11) is 0. The number of nitrogens with zero attached hydrogens (tertiary/aromatic N) is 3. The smallest absolute Gasteiger partial charge is 0.0931 e. The summed E-state index contributed by atoms with van der Waals surface area (Å²) in [5, 5.41) is 14.0. The van der Waals surface area contributed by atoms with Gasteiger partial charge in [-0.15, -0.1) is 0 Å². The van der Waals surface area contributed by atoms with Crippen molar-refractivity contribution in [3.8, 4) is 5.69 Å². The molecule has 0 spiro atoms. The average molecular weight is 245 g/mol. The first-order valence-corrected chi connectivity index (χ1v) is 6.37. The molecular weight excluding hydrogens is 226 g/mol. The second kappa shape index (κ2) is 5.31. The Balaban J connectivity index is 2.38. The van der Waals surface area contributed by atoms with Gasteiger partial charge in [-0.1, -0.05) is 13.8 Å². The highest BCUT2D eigenvalue weighted by atomic mass is 16.3. The Morgan fingerprint density at radius 3 is 2.56 bits per heavy atom. The molecule has 0 bridgehead atoms. The van der Waals surface area contributed by atoms with Crippen LogP contribution in [0.2, 0.25) is 0 Å². The maximum atomic E-state index is 9.44.